The molecule has 0 amide bonds. The van der Waals surface area contributed by atoms with E-state index in [4.69, 9.17) is 4.52 Å². The van der Waals surface area contributed by atoms with E-state index in [1.54, 1.807) is 23.9 Å². The normalized spacial score (nSPS) is 10.6. The lowest BCUT2D eigenvalue weighted by Crippen LogP contribution is -1.86. The van der Waals surface area contributed by atoms with Crippen molar-refractivity contribution in [2.45, 2.75) is 30.4 Å². The molecule has 0 radical (unpaired) electrons. The highest BCUT2D eigenvalue weighted by atomic mass is 32.2. The summed E-state index contributed by atoms with van der Waals surface area (Å²) in [4.78, 5) is 5.26. The van der Waals surface area contributed by atoms with Gasteiger partial charge in [-0.25, -0.2) is 0 Å². The largest absolute Gasteiger partial charge is 0.508 e. The topological polar surface area (TPSA) is 59.2 Å². The molecule has 5 heteroatoms. The van der Waals surface area contributed by atoms with E-state index in [0.717, 1.165) is 23.6 Å². The minimum absolute atomic E-state index is 0.271. The van der Waals surface area contributed by atoms with Gasteiger partial charge in [-0.3, -0.25) is 0 Å². The van der Waals surface area contributed by atoms with Crippen LogP contribution in [0.3, 0.4) is 0 Å². The molecular formula is C12H14N2O2S. The van der Waals surface area contributed by atoms with E-state index in [1.807, 2.05) is 12.1 Å². The van der Waals surface area contributed by atoms with E-state index < -0.39 is 0 Å². The van der Waals surface area contributed by atoms with Crippen LogP contribution >= 0.6 is 11.8 Å². The summed E-state index contributed by atoms with van der Waals surface area (Å²) in [5.41, 5.74) is 0. The Hall–Kier alpha value is -1.49. The molecule has 2 aromatic rings. The molecule has 1 heterocycles. The first kappa shape index (κ1) is 12.0. The van der Waals surface area contributed by atoms with Gasteiger partial charge in [0.25, 0.3) is 0 Å². The van der Waals surface area contributed by atoms with Crippen molar-refractivity contribution in [3.63, 3.8) is 0 Å². The van der Waals surface area contributed by atoms with Crippen molar-refractivity contribution in [1.29, 1.82) is 0 Å². The maximum atomic E-state index is 9.32. The first-order valence-corrected chi connectivity index (χ1v) is 6.50. The summed E-state index contributed by atoms with van der Waals surface area (Å²) in [7, 11) is 0. The van der Waals surface area contributed by atoms with Crippen LogP contribution in [-0.4, -0.2) is 15.2 Å². The van der Waals surface area contributed by atoms with Gasteiger partial charge in [-0.05, 0) is 24.6 Å². The number of benzene rings is 1. The van der Waals surface area contributed by atoms with Crippen LogP contribution in [0.4, 0.5) is 0 Å². The highest BCUT2D eigenvalue weighted by Gasteiger charge is 2.06. The van der Waals surface area contributed by atoms with Gasteiger partial charge in [0.15, 0.2) is 5.82 Å². The van der Waals surface area contributed by atoms with Gasteiger partial charge in [-0.2, -0.15) is 4.98 Å². The van der Waals surface area contributed by atoms with Crippen LogP contribution in [0.5, 0.6) is 5.75 Å². The average Bonchev–Trinajstić information content (AvgIpc) is 2.75. The van der Waals surface area contributed by atoms with Crippen molar-refractivity contribution < 1.29 is 9.63 Å². The summed E-state index contributed by atoms with van der Waals surface area (Å²) in [6, 6.07) is 7.12. The fourth-order valence-corrected chi connectivity index (χ4v) is 2.18. The fraction of sp³-hybridized carbons (Fsp3) is 0.333. The molecule has 0 aliphatic heterocycles. The lowest BCUT2D eigenvalue weighted by molar-refractivity contribution is 0.384. The molecular weight excluding hydrogens is 236 g/mol. The Morgan fingerprint density at radius 2 is 2.29 bits per heavy atom. The van der Waals surface area contributed by atoms with Gasteiger partial charge in [0.2, 0.25) is 5.89 Å². The smallest absolute Gasteiger partial charge is 0.237 e. The van der Waals surface area contributed by atoms with Gasteiger partial charge < -0.3 is 9.63 Å². The third kappa shape index (κ3) is 3.49. The Balaban J connectivity index is 1.93. The second-order valence-corrected chi connectivity index (χ2v) is 4.69. The number of phenols is 1. The Morgan fingerprint density at radius 1 is 1.41 bits per heavy atom. The molecule has 1 N–H and O–H groups in total. The van der Waals surface area contributed by atoms with Crippen LogP contribution in [0, 0.1) is 0 Å². The number of hydrogen-bond donors (Lipinski definition) is 1. The van der Waals surface area contributed by atoms with Crippen molar-refractivity contribution in [1.82, 2.24) is 10.1 Å². The molecule has 0 aliphatic rings. The van der Waals surface area contributed by atoms with Crippen molar-refractivity contribution in [2.24, 2.45) is 0 Å². The molecule has 1 aromatic heterocycles. The van der Waals surface area contributed by atoms with Gasteiger partial charge in [0.1, 0.15) is 5.75 Å². The first-order chi connectivity index (χ1) is 8.28. The summed E-state index contributed by atoms with van der Waals surface area (Å²) in [5, 5.41) is 13.2. The van der Waals surface area contributed by atoms with Gasteiger partial charge in [-0.1, -0.05) is 18.1 Å². The van der Waals surface area contributed by atoms with Crippen LogP contribution in [0.25, 0.3) is 0 Å². The second-order valence-electron chi connectivity index (χ2n) is 3.64. The number of rotatable bonds is 5. The second kappa shape index (κ2) is 5.72. The van der Waals surface area contributed by atoms with E-state index in [1.165, 1.54) is 0 Å². The summed E-state index contributed by atoms with van der Waals surface area (Å²) < 4.78 is 5.12. The number of phenolic OH excluding ortho intramolecular Hbond substituents is 1. The van der Waals surface area contributed by atoms with E-state index in [0.29, 0.717) is 11.6 Å². The summed E-state index contributed by atoms with van der Waals surface area (Å²) in [6.07, 6.45) is 1.86. The Labute approximate surface area is 104 Å². The third-order valence-electron chi connectivity index (χ3n) is 2.16. The zero-order chi connectivity index (χ0) is 12.1. The zero-order valence-electron chi connectivity index (χ0n) is 9.59. The van der Waals surface area contributed by atoms with Crippen molar-refractivity contribution in [3.8, 4) is 5.75 Å². The molecule has 0 saturated heterocycles. The number of aromatic hydroxyl groups is 1. The van der Waals surface area contributed by atoms with Crippen LogP contribution in [0.15, 0.2) is 33.7 Å². The van der Waals surface area contributed by atoms with E-state index in [-0.39, 0.29) is 5.75 Å². The predicted octanol–water partition coefficient (Wildman–Crippen LogP) is 3.02. The number of hydrogen-bond acceptors (Lipinski definition) is 5. The standard InChI is InChI=1S/C12H14N2O2S/c1-2-4-11-13-12(16-14-11)8-17-10-6-3-5-9(15)7-10/h3,5-7,15H,2,4,8H2,1H3. The van der Waals surface area contributed by atoms with Crippen LogP contribution in [0.2, 0.25) is 0 Å². The molecule has 4 nitrogen and oxygen atoms in total. The fourth-order valence-electron chi connectivity index (χ4n) is 1.39. The quantitative estimate of drug-likeness (QED) is 0.826. The van der Waals surface area contributed by atoms with Gasteiger partial charge >= 0.3 is 0 Å². The molecule has 0 saturated carbocycles. The SMILES string of the molecule is CCCc1noc(CSc2cccc(O)c2)n1. The van der Waals surface area contributed by atoms with Gasteiger partial charge in [0, 0.05) is 11.3 Å². The zero-order valence-corrected chi connectivity index (χ0v) is 10.4. The Bertz CT molecular complexity index is 485. The number of aromatic nitrogens is 2. The summed E-state index contributed by atoms with van der Waals surface area (Å²) in [5.74, 6) is 2.29. The monoisotopic (exact) mass is 250 g/mol. The van der Waals surface area contributed by atoms with Crippen molar-refractivity contribution in [2.75, 3.05) is 0 Å². The molecule has 17 heavy (non-hydrogen) atoms. The molecule has 0 spiro atoms. The predicted molar refractivity (Wildman–Crippen MR) is 66.0 cm³/mol. The molecule has 0 unspecified atom stereocenters. The van der Waals surface area contributed by atoms with E-state index >= 15 is 0 Å². The average molecular weight is 250 g/mol. The van der Waals surface area contributed by atoms with E-state index in [9.17, 15) is 5.11 Å². The molecule has 0 fully saturated rings. The highest BCUT2D eigenvalue weighted by molar-refractivity contribution is 7.98. The van der Waals surface area contributed by atoms with Gasteiger partial charge in [-0.15, -0.1) is 11.8 Å². The maximum absolute atomic E-state index is 9.32. The van der Waals surface area contributed by atoms with E-state index in [2.05, 4.69) is 17.1 Å². The Kier molecular flexibility index (Phi) is 4.03. The van der Waals surface area contributed by atoms with Crippen molar-refractivity contribution >= 4 is 11.8 Å². The highest BCUT2D eigenvalue weighted by Crippen LogP contribution is 2.24. The molecule has 0 aliphatic carbocycles. The van der Waals surface area contributed by atoms with Crippen molar-refractivity contribution in [3.05, 3.63) is 36.0 Å². The molecule has 90 valence electrons. The summed E-state index contributed by atoms with van der Waals surface area (Å²) in [6.45, 7) is 2.08. The lowest BCUT2D eigenvalue weighted by atomic mass is 10.3. The van der Waals surface area contributed by atoms with Crippen LogP contribution < -0.4 is 0 Å². The van der Waals surface area contributed by atoms with Crippen LogP contribution in [0.1, 0.15) is 25.1 Å². The Morgan fingerprint density at radius 3 is 3.06 bits per heavy atom. The van der Waals surface area contributed by atoms with Gasteiger partial charge in [0.05, 0.1) is 5.75 Å². The maximum Gasteiger partial charge on any atom is 0.237 e. The first-order valence-electron chi connectivity index (χ1n) is 5.51. The minimum atomic E-state index is 0.271. The molecule has 1 aromatic carbocycles. The number of nitrogens with zero attached hydrogens (tertiary/aromatic N) is 2. The summed E-state index contributed by atoms with van der Waals surface area (Å²) >= 11 is 1.56. The number of thioether (sulfide) groups is 1. The lowest BCUT2D eigenvalue weighted by Gasteiger charge is -1.98. The van der Waals surface area contributed by atoms with Crippen LogP contribution in [-0.2, 0) is 12.2 Å². The minimum Gasteiger partial charge on any atom is -0.508 e. The molecule has 0 bridgehead atoms. The molecule has 0 atom stereocenters. The third-order valence-corrected chi connectivity index (χ3v) is 3.14. The molecule has 2 rings (SSSR count). The number of aryl methyl sites for hydroxylation is 1.